The Kier molecular flexibility index (Phi) is 3.82. The van der Waals surface area contributed by atoms with Crippen molar-refractivity contribution in [2.24, 2.45) is 0 Å². The highest BCUT2D eigenvalue weighted by Crippen LogP contribution is 2.22. The second-order valence-electron chi connectivity index (χ2n) is 4.60. The van der Waals surface area contributed by atoms with Gasteiger partial charge < -0.3 is 10.4 Å². The van der Waals surface area contributed by atoms with E-state index in [-0.39, 0.29) is 0 Å². The molecule has 0 aromatic carbocycles. The number of thiazole rings is 1. The van der Waals surface area contributed by atoms with Crippen LogP contribution in [0.5, 0.6) is 0 Å². The highest BCUT2D eigenvalue weighted by atomic mass is 35.5. The lowest BCUT2D eigenvalue weighted by atomic mass is 10.1. The zero-order chi connectivity index (χ0) is 14.9. The van der Waals surface area contributed by atoms with Gasteiger partial charge in [0.15, 0.2) is 10.1 Å². The van der Waals surface area contributed by atoms with E-state index in [1.54, 1.807) is 10.6 Å². The van der Waals surface area contributed by atoms with Crippen molar-refractivity contribution in [1.82, 2.24) is 14.7 Å². The van der Waals surface area contributed by atoms with Gasteiger partial charge in [0, 0.05) is 17.7 Å². The summed E-state index contributed by atoms with van der Waals surface area (Å²) in [6.45, 7) is 2.81. The van der Waals surface area contributed by atoms with E-state index in [2.05, 4.69) is 10.3 Å². The molecular formula is C12H12ClN3O3S. The highest BCUT2D eigenvalue weighted by Gasteiger charge is 2.28. The number of fused-ring (bicyclic) bond motifs is 1. The SMILES string of the molecule is CC(C)(NC(=O)/C=C/c1c(Cl)nc2sccn12)C(=O)O. The van der Waals surface area contributed by atoms with E-state index in [9.17, 15) is 9.59 Å². The third-order valence-electron chi connectivity index (χ3n) is 2.62. The Morgan fingerprint density at radius 1 is 1.55 bits per heavy atom. The average Bonchev–Trinajstić information content (AvgIpc) is 2.86. The van der Waals surface area contributed by atoms with Crippen LogP contribution < -0.4 is 5.32 Å². The summed E-state index contributed by atoms with van der Waals surface area (Å²) in [5, 5.41) is 13.5. The lowest BCUT2D eigenvalue weighted by molar-refractivity contribution is -0.145. The molecule has 0 fully saturated rings. The van der Waals surface area contributed by atoms with Gasteiger partial charge in [0.05, 0.1) is 5.69 Å². The van der Waals surface area contributed by atoms with Gasteiger partial charge in [-0.2, -0.15) is 0 Å². The molecule has 0 aliphatic heterocycles. The van der Waals surface area contributed by atoms with Gasteiger partial charge in [0.25, 0.3) is 0 Å². The number of aromatic nitrogens is 2. The van der Waals surface area contributed by atoms with Crippen LogP contribution in [0, 0.1) is 0 Å². The van der Waals surface area contributed by atoms with Crippen LogP contribution >= 0.6 is 22.9 Å². The van der Waals surface area contributed by atoms with Gasteiger partial charge in [-0.15, -0.1) is 11.3 Å². The summed E-state index contributed by atoms with van der Waals surface area (Å²) in [4.78, 5) is 27.5. The molecule has 0 radical (unpaired) electrons. The van der Waals surface area contributed by atoms with E-state index in [0.29, 0.717) is 10.8 Å². The Morgan fingerprint density at radius 3 is 2.90 bits per heavy atom. The van der Waals surface area contributed by atoms with Crippen LogP contribution in [0.3, 0.4) is 0 Å². The molecule has 0 unspecified atom stereocenters. The number of carbonyl (C=O) groups is 2. The summed E-state index contributed by atoms with van der Waals surface area (Å²) < 4.78 is 1.75. The molecule has 2 aromatic rings. The highest BCUT2D eigenvalue weighted by molar-refractivity contribution is 7.15. The fourth-order valence-corrected chi connectivity index (χ4v) is 2.49. The van der Waals surface area contributed by atoms with Crippen LogP contribution in [0.4, 0.5) is 0 Å². The summed E-state index contributed by atoms with van der Waals surface area (Å²) in [6.07, 6.45) is 4.53. The predicted octanol–water partition coefficient (Wildman–Crippen LogP) is 2.04. The Bertz CT molecular complexity index is 702. The molecule has 20 heavy (non-hydrogen) atoms. The first-order valence-electron chi connectivity index (χ1n) is 5.66. The summed E-state index contributed by atoms with van der Waals surface area (Å²) in [5.41, 5.74) is -0.758. The van der Waals surface area contributed by atoms with Crippen LogP contribution in [0.1, 0.15) is 19.5 Å². The Morgan fingerprint density at radius 2 is 2.25 bits per heavy atom. The van der Waals surface area contributed by atoms with Gasteiger partial charge in [0.1, 0.15) is 5.54 Å². The van der Waals surface area contributed by atoms with Gasteiger partial charge in [0.2, 0.25) is 5.91 Å². The number of hydrogen-bond acceptors (Lipinski definition) is 4. The van der Waals surface area contributed by atoms with Crippen molar-refractivity contribution in [1.29, 1.82) is 0 Å². The average molecular weight is 314 g/mol. The minimum absolute atomic E-state index is 0.290. The van der Waals surface area contributed by atoms with Gasteiger partial charge in [-0.25, -0.2) is 9.78 Å². The number of rotatable bonds is 4. The van der Waals surface area contributed by atoms with Crippen molar-refractivity contribution >= 4 is 45.9 Å². The van der Waals surface area contributed by atoms with E-state index in [1.165, 1.54) is 37.3 Å². The predicted molar refractivity (Wildman–Crippen MR) is 77.0 cm³/mol. The van der Waals surface area contributed by atoms with Crippen LogP contribution in [0.2, 0.25) is 5.15 Å². The van der Waals surface area contributed by atoms with E-state index in [4.69, 9.17) is 16.7 Å². The molecule has 0 saturated carbocycles. The molecule has 0 atom stereocenters. The molecule has 1 amide bonds. The van der Waals surface area contributed by atoms with Crippen LogP contribution in [0.25, 0.3) is 11.0 Å². The molecule has 0 spiro atoms. The number of halogens is 1. The van der Waals surface area contributed by atoms with E-state index >= 15 is 0 Å². The molecule has 106 valence electrons. The maximum Gasteiger partial charge on any atom is 0.328 e. The van der Waals surface area contributed by atoms with Crippen molar-refractivity contribution in [3.8, 4) is 0 Å². The molecule has 2 rings (SSSR count). The van der Waals surface area contributed by atoms with Gasteiger partial charge >= 0.3 is 5.97 Å². The quantitative estimate of drug-likeness (QED) is 0.846. The number of aliphatic carboxylic acids is 1. The minimum Gasteiger partial charge on any atom is -0.480 e. The lowest BCUT2D eigenvalue weighted by Crippen LogP contribution is -2.49. The number of nitrogens with one attached hydrogen (secondary N) is 1. The van der Waals surface area contributed by atoms with E-state index in [1.807, 2.05) is 5.38 Å². The zero-order valence-corrected chi connectivity index (χ0v) is 12.3. The largest absolute Gasteiger partial charge is 0.480 e. The maximum absolute atomic E-state index is 11.7. The summed E-state index contributed by atoms with van der Waals surface area (Å²) >= 11 is 7.40. The Balaban J connectivity index is 2.17. The van der Waals surface area contributed by atoms with Gasteiger partial charge in [-0.1, -0.05) is 11.6 Å². The summed E-state index contributed by atoms with van der Waals surface area (Å²) in [6, 6.07) is 0. The molecule has 2 aromatic heterocycles. The van der Waals surface area contributed by atoms with Crippen molar-refractivity contribution in [2.45, 2.75) is 19.4 Å². The molecule has 0 aliphatic carbocycles. The third kappa shape index (κ3) is 2.83. The van der Waals surface area contributed by atoms with Crippen molar-refractivity contribution in [2.75, 3.05) is 0 Å². The molecular weight excluding hydrogens is 302 g/mol. The second-order valence-corrected chi connectivity index (χ2v) is 5.83. The number of carboxylic acids is 1. The molecule has 2 heterocycles. The first kappa shape index (κ1) is 14.5. The standard InChI is InChI=1S/C12H12ClN3O3S/c1-12(2,10(18)19)15-8(17)4-3-7-9(13)14-11-16(7)5-6-20-11/h3-6H,1-2H3,(H,15,17)(H,18,19)/b4-3+. The number of hydrogen-bond donors (Lipinski definition) is 2. The minimum atomic E-state index is -1.33. The molecule has 6 nitrogen and oxygen atoms in total. The van der Waals surface area contributed by atoms with Crippen molar-refractivity contribution < 1.29 is 14.7 Å². The fourth-order valence-electron chi connectivity index (χ4n) is 1.48. The second kappa shape index (κ2) is 5.26. The molecule has 0 bridgehead atoms. The number of amides is 1. The van der Waals surface area contributed by atoms with E-state index in [0.717, 1.165) is 4.96 Å². The van der Waals surface area contributed by atoms with Crippen LogP contribution in [-0.2, 0) is 9.59 Å². The number of carboxylic acid groups (broad SMARTS) is 1. The summed E-state index contributed by atoms with van der Waals surface area (Å²) in [7, 11) is 0. The molecule has 0 aliphatic rings. The molecule has 8 heteroatoms. The number of imidazole rings is 1. The number of carbonyl (C=O) groups excluding carboxylic acids is 1. The van der Waals surface area contributed by atoms with Crippen molar-refractivity contribution in [3.63, 3.8) is 0 Å². The number of nitrogens with zero attached hydrogens (tertiary/aromatic N) is 2. The lowest BCUT2D eigenvalue weighted by Gasteiger charge is -2.19. The van der Waals surface area contributed by atoms with Crippen molar-refractivity contribution in [3.05, 3.63) is 28.5 Å². The fraction of sp³-hybridized carbons (Fsp3) is 0.250. The Hall–Kier alpha value is -1.86. The van der Waals surface area contributed by atoms with Crippen LogP contribution in [0.15, 0.2) is 17.7 Å². The van der Waals surface area contributed by atoms with Gasteiger partial charge in [-0.3, -0.25) is 9.20 Å². The maximum atomic E-state index is 11.7. The first-order chi connectivity index (χ1) is 9.31. The normalized spacial score (nSPS) is 12.2. The topological polar surface area (TPSA) is 83.7 Å². The zero-order valence-electron chi connectivity index (χ0n) is 10.8. The third-order valence-corrected chi connectivity index (χ3v) is 3.65. The Labute approximate surface area is 123 Å². The molecule has 2 N–H and O–H groups in total. The van der Waals surface area contributed by atoms with Gasteiger partial charge in [-0.05, 0) is 19.9 Å². The monoisotopic (exact) mass is 313 g/mol. The molecule has 0 saturated heterocycles. The van der Waals surface area contributed by atoms with Crippen LogP contribution in [-0.4, -0.2) is 31.9 Å². The smallest absolute Gasteiger partial charge is 0.328 e. The first-order valence-corrected chi connectivity index (χ1v) is 6.91. The van der Waals surface area contributed by atoms with E-state index < -0.39 is 17.4 Å². The summed E-state index contributed by atoms with van der Waals surface area (Å²) in [5.74, 6) is -1.62.